The van der Waals surface area contributed by atoms with E-state index >= 15 is 0 Å². The van der Waals surface area contributed by atoms with Gasteiger partial charge in [0, 0.05) is 25.7 Å². The van der Waals surface area contributed by atoms with Crippen LogP contribution in [0.25, 0.3) is 0 Å². The molecule has 0 amide bonds. The summed E-state index contributed by atoms with van der Waals surface area (Å²) in [4.78, 5) is 72.3. The Labute approximate surface area is 530 Å². The first kappa shape index (κ1) is 85.1. The largest absolute Gasteiger partial charge is 0.472 e. The van der Waals surface area contributed by atoms with Crippen LogP contribution in [0.4, 0.5) is 0 Å². The molecular formula is C68H132O17P2. The Bertz CT molecular complexity index is 1690. The lowest BCUT2D eigenvalue weighted by molar-refractivity contribution is -0.161. The number of phosphoric ester groups is 2. The predicted octanol–water partition coefficient (Wildman–Crippen LogP) is 19.4. The molecule has 516 valence electrons. The Morgan fingerprint density at radius 3 is 0.782 bits per heavy atom. The molecule has 2 unspecified atom stereocenters. The van der Waals surface area contributed by atoms with E-state index in [-0.39, 0.29) is 25.7 Å². The smallest absolute Gasteiger partial charge is 0.462 e. The zero-order valence-electron chi connectivity index (χ0n) is 56.2. The van der Waals surface area contributed by atoms with Crippen LogP contribution in [0.5, 0.6) is 0 Å². The normalized spacial score (nSPS) is 14.1. The molecule has 0 rings (SSSR count). The summed E-state index contributed by atoms with van der Waals surface area (Å²) in [7, 11) is -9.89. The molecule has 0 aromatic carbocycles. The monoisotopic (exact) mass is 1280 g/mol. The fourth-order valence-electron chi connectivity index (χ4n) is 10.3. The van der Waals surface area contributed by atoms with E-state index in [0.717, 1.165) is 109 Å². The topological polar surface area (TPSA) is 237 Å². The highest BCUT2D eigenvalue weighted by molar-refractivity contribution is 7.47. The van der Waals surface area contributed by atoms with Gasteiger partial charge in [-0.15, -0.1) is 0 Å². The minimum absolute atomic E-state index is 0.106. The molecule has 87 heavy (non-hydrogen) atoms. The van der Waals surface area contributed by atoms with Crippen LogP contribution >= 0.6 is 15.6 Å². The van der Waals surface area contributed by atoms with Crippen LogP contribution in [0.1, 0.15) is 349 Å². The van der Waals surface area contributed by atoms with Crippen molar-refractivity contribution in [1.82, 2.24) is 0 Å². The predicted molar refractivity (Wildman–Crippen MR) is 349 cm³/mol. The van der Waals surface area contributed by atoms with E-state index in [9.17, 15) is 43.2 Å². The molecule has 0 fully saturated rings. The third kappa shape index (κ3) is 62.6. The number of unbranched alkanes of at least 4 members (excludes halogenated alkanes) is 40. The van der Waals surface area contributed by atoms with Crippen molar-refractivity contribution in [2.45, 2.75) is 368 Å². The van der Waals surface area contributed by atoms with Gasteiger partial charge in [0.25, 0.3) is 0 Å². The molecule has 0 saturated heterocycles. The van der Waals surface area contributed by atoms with E-state index in [2.05, 4.69) is 34.6 Å². The van der Waals surface area contributed by atoms with Gasteiger partial charge in [-0.05, 0) is 31.6 Å². The van der Waals surface area contributed by atoms with Crippen molar-refractivity contribution in [3.8, 4) is 0 Å². The van der Waals surface area contributed by atoms with Crippen molar-refractivity contribution >= 4 is 39.5 Å². The Morgan fingerprint density at radius 1 is 0.310 bits per heavy atom. The fourth-order valence-corrected chi connectivity index (χ4v) is 11.9. The molecule has 0 aliphatic carbocycles. The maximum absolute atomic E-state index is 13.0. The summed E-state index contributed by atoms with van der Waals surface area (Å²) in [6.45, 7) is 7.20. The number of phosphoric acid groups is 2. The van der Waals surface area contributed by atoms with Crippen LogP contribution in [-0.4, -0.2) is 96.7 Å². The molecule has 0 aliphatic rings. The molecule has 0 aliphatic heterocycles. The molecular weight excluding hydrogens is 1150 g/mol. The van der Waals surface area contributed by atoms with Crippen molar-refractivity contribution in [2.75, 3.05) is 39.6 Å². The van der Waals surface area contributed by atoms with Gasteiger partial charge in [0.1, 0.15) is 19.3 Å². The number of carbonyl (C=O) groups excluding carboxylic acids is 4. The van der Waals surface area contributed by atoms with Crippen molar-refractivity contribution < 1.29 is 80.2 Å². The molecule has 0 bridgehead atoms. The van der Waals surface area contributed by atoms with E-state index in [4.69, 9.17) is 37.0 Å². The standard InChI is InChI=1S/C68H132O17P2/c1-6-9-12-15-18-20-22-23-24-25-29-33-37-42-47-52-66(71)79-58-64(85-68(73)54-49-44-39-34-30-27-26-28-31-36-40-45-50-61(4)5)60-83-87(76,77)81-56-62(69)55-80-86(74,75)82-59-63(57-78-65(70)51-46-41-35-17-14-11-8-3)84-67(72)53-48-43-38-32-21-19-16-13-10-7-2/h61-64,69H,6-60H2,1-5H3,(H,74,75)(H,76,77)/t62-,63+,64+/m0/s1. The van der Waals surface area contributed by atoms with Crippen LogP contribution < -0.4 is 0 Å². The van der Waals surface area contributed by atoms with Gasteiger partial charge in [-0.3, -0.25) is 37.3 Å². The number of esters is 4. The number of hydrogen-bond donors (Lipinski definition) is 3. The van der Waals surface area contributed by atoms with Gasteiger partial charge in [0.05, 0.1) is 26.4 Å². The van der Waals surface area contributed by atoms with Gasteiger partial charge in [-0.25, -0.2) is 9.13 Å². The lowest BCUT2D eigenvalue weighted by Gasteiger charge is -2.21. The first-order valence-electron chi connectivity index (χ1n) is 35.6. The van der Waals surface area contributed by atoms with E-state index in [1.165, 1.54) is 161 Å². The summed E-state index contributed by atoms with van der Waals surface area (Å²) in [5.74, 6) is -1.35. The van der Waals surface area contributed by atoms with Gasteiger partial charge in [0.2, 0.25) is 0 Å². The van der Waals surface area contributed by atoms with Gasteiger partial charge in [-0.1, -0.05) is 298 Å². The molecule has 0 heterocycles. The van der Waals surface area contributed by atoms with E-state index in [1.54, 1.807) is 0 Å². The van der Waals surface area contributed by atoms with Crippen LogP contribution in [0.3, 0.4) is 0 Å². The van der Waals surface area contributed by atoms with E-state index in [1.807, 2.05) is 0 Å². The molecule has 0 radical (unpaired) electrons. The second kappa shape index (κ2) is 61.6. The SMILES string of the molecule is CCCCCCCCCCCCCCCCCC(=O)OC[C@H](COP(=O)(O)OC[C@@H](O)COP(=O)(O)OC[C@@H](COC(=O)CCCCCCCCC)OC(=O)CCCCCCCCCCCC)OC(=O)CCCCCCCCCCCCCCC(C)C. The van der Waals surface area contributed by atoms with E-state index in [0.29, 0.717) is 25.7 Å². The van der Waals surface area contributed by atoms with Crippen molar-refractivity contribution in [1.29, 1.82) is 0 Å². The fraction of sp³-hybridized carbons (Fsp3) is 0.941. The summed E-state index contributed by atoms with van der Waals surface area (Å²) < 4.78 is 68.1. The number of carbonyl (C=O) groups is 4. The number of aliphatic hydroxyl groups is 1. The summed E-state index contributed by atoms with van der Waals surface area (Å²) in [5.41, 5.74) is 0. The van der Waals surface area contributed by atoms with Gasteiger partial charge >= 0.3 is 39.5 Å². The average Bonchev–Trinajstić information content (AvgIpc) is 3.71. The highest BCUT2D eigenvalue weighted by Crippen LogP contribution is 2.45. The van der Waals surface area contributed by atoms with Crippen LogP contribution in [-0.2, 0) is 65.4 Å². The van der Waals surface area contributed by atoms with Crippen molar-refractivity contribution in [3.63, 3.8) is 0 Å². The molecule has 19 heteroatoms. The highest BCUT2D eigenvalue weighted by atomic mass is 31.2. The number of hydrogen-bond acceptors (Lipinski definition) is 15. The summed E-state index contributed by atoms with van der Waals surface area (Å²) in [6, 6.07) is 0. The first-order chi connectivity index (χ1) is 42.0. The summed E-state index contributed by atoms with van der Waals surface area (Å²) in [5, 5.41) is 10.6. The molecule has 3 N–H and O–H groups in total. The first-order valence-corrected chi connectivity index (χ1v) is 38.6. The maximum Gasteiger partial charge on any atom is 0.472 e. The van der Waals surface area contributed by atoms with Crippen LogP contribution in [0.15, 0.2) is 0 Å². The third-order valence-electron chi connectivity index (χ3n) is 15.8. The molecule has 0 aromatic heterocycles. The molecule has 17 nitrogen and oxygen atoms in total. The second-order valence-corrected chi connectivity index (χ2v) is 27.9. The van der Waals surface area contributed by atoms with Gasteiger partial charge in [-0.2, -0.15) is 0 Å². The number of ether oxygens (including phenoxy) is 4. The molecule has 0 saturated carbocycles. The lowest BCUT2D eigenvalue weighted by atomic mass is 10.0. The summed E-state index contributed by atoms with van der Waals surface area (Å²) in [6.07, 6.45) is 47.2. The maximum atomic E-state index is 13.0. The Kier molecular flexibility index (Phi) is 60.2. The van der Waals surface area contributed by atoms with Gasteiger partial charge < -0.3 is 33.8 Å². The van der Waals surface area contributed by atoms with Crippen LogP contribution in [0, 0.1) is 5.92 Å². The minimum Gasteiger partial charge on any atom is -0.462 e. The Balaban J connectivity index is 5.20. The average molecular weight is 1280 g/mol. The quantitative estimate of drug-likeness (QED) is 0.0222. The van der Waals surface area contributed by atoms with E-state index < -0.39 is 97.5 Å². The Morgan fingerprint density at radius 2 is 0.529 bits per heavy atom. The number of aliphatic hydroxyl groups excluding tert-OH is 1. The minimum atomic E-state index is -4.95. The molecule has 5 atom stereocenters. The Hall–Kier alpha value is -1.94. The number of rotatable bonds is 68. The zero-order chi connectivity index (χ0) is 64.2. The van der Waals surface area contributed by atoms with Crippen LogP contribution in [0.2, 0.25) is 0 Å². The third-order valence-corrected chi connectivity index (χ3v) is 17.7. The second-order valence-electron chi connectivity index (χ2n) is 25.0. The molecule has 0 aromatic rings. The van der Waals surface area contributed by atoms with Gasteiger partial charge in [0.15, 0.2) is 12.2 Å². The van der Waals surface area contributed by atoms with Crippen molar-refractivity contribution in [2.24, 2.45) is 5.92 Å². The van der Waals surface area contributed by atoms with Crippen molar-refractivity contribution in [3.05, 3.63) is 0 Å². The highest BCUT2D eigenvalue weighted by Gasteiger charge is 2.30. The summed E-state index contributed by atoms with van der Waals surface area (Å²) >= 11 is 0. The zero-order valence-corrected chi connectivity index (χ0v) is 57.9. The molecule has 0 spiro atoms. The lowest BCUT2D eigenvalue weighted by Crippen LogP contribution is -2.30.